The molecule has 3 aromatic rings. The monoisotopic (exact) mass is 351 g/mol. The molecule has 2 aromatic carbocycles. The largest absolute Gasteiger partial charge is 0.325 e. The van der Waals surface area contributed by atoms with Gasteiger partial charge in [-0.1, -0.05) is 30.0 Å². The van der Waals surface area contributed by atoms with Gasteiger partial charge in [-0.2, -0.15) is 0 Å². The number of carbonyl (C=O) groups is 2. The van der Waals surface area contributed by atoms with Crippen molar-refractivity contribution in [3.63, 3.8) is 0 Å². The van der Waals surface area contributed by atoms with E-state index >= 15 is 0 Å². The molecule has 3 rings (SSSR count). The Hall–Kier alpha value is -2.73. The number of nitrogens with zero attached hydrogens (tertiary/aromatic N) is 2. The van der Waals surface area contributed by atoms with Gasteiger partial charge in [0, 0.05) is 16.6 Å². The zero-order valence-corrected chi connectivity index (χ0v) is 14.7. The van der Waals surface area contributed by atoms with Gasteiger partial charge in [0.2, 0.25) is 5.91 Å². The van der Waals surface area contributed by atoms with Crippen molar-refractivity contribution >= 4 is 40.0 Å². The van der Waals surface area contributed by atoms with Crippen LogP contribution in [0.25, 0.3) is 10.9 Å². The van der Waals surface area contributed by atoms with E-state index in [4.69, 9.17) is 0 Å². The number of amides is 1. The molecule has 5 nitrogen and oxygen atoms in total. The van der Waals surface area contributed by atoms with Crippen LogP contribution < -0.4 is 5.32 Å². The summed E-state index contributed by atoms with van der Waals surface area (Å²) in [4.78, 5) is 32.3. The number of para-hydroxylation sites is 1. The highest BCUT2D eigenvalue weighted by Gasteiger charge is 2.17. The smallest absolute Gasteiger partial charge is 0.237 e. The lowest BCUT2D eigenvalue weighted by atomic mass is 10.1. The van der Waals surface area contributed by atoms with E-state index in [1.807, 2.05) is 31.2 Å². The van der Waals surface area contributed by atoms with Crippen molar-refractivity contribution in [3.05, 3.63) is 60.4 Å². The van der Waals surface area contributed by atoms with E-state index < -0.39 is 0 Å². The number of hydrogen-bond donors (Lipinski definition) is 1. The SMILES string of the molecule is CC(=O)c1ccc(NC(=O)C(C)Sc2ncnc3ccccc23)cc1. The van der Waals surface area contributed by atoms with Gasteiger partial charge in [-0.25, -0.2) is 9.97 Å². The standard InChI is InChI=1S/C19H17N3O2S/c1-12(23)14-7-9-15(10-8-14)22-18(24)13(2)25-19-16-5-3-4-6-17(16)20-11-21-19/h3-11,13H,1-2H3,(H,22,24). The van der Waals surface area contributed by atoms with Crippen molar-refractivity contribution < 1.29 is 9.59 Å². The van der Waals surface area contributed by atoms with E-state index in [1.54, 1.807) is 24.3 Å². The molecule has 1 amide bonds. The van der Waals surface area contributed by atoms with Gasteiger partial charge >= 0.3 is 0 Å². The van der Waals surface area contributed by atoms with Crippen LogP contribution in [0.5, 0.6) is 0 Å². The average molecular weight is 351 g/mol. The van der Waals surface area contributed by atoms with Crippen molar-refractivity contribution in [3.8, 4) is 0 Å². The molecule has 0 saturated heterocycles. The van der Waals surface area contributed by atoms with Crippen LogP contribution in [-0.4, -0.2) is 26.9 Å². The van der Waals surface area contributed by atoms with Gasteiger partial charge in [-0.15, -0.1) is 0 Å². The van der Waals surface area contributed by atoms with Crippen LogP contribution >= 0.6 is 11.8 Å². The molecule has 0 fully saturated rings. The molecule has 0 bridgehead atoms. The number of benzene rings is 2. The number of fused-ring (bicyclic) bond motifs is 1. The van der Waals surface area contributed by atoms with Gasteiger partial charge < -0.3 is 5.32 Å². The van der Waals surface area contributed by atoms with Crippen molar-refractivity contribution in [2.45, 2.75) is 24.1 Å². The Balaban J connectivity index is 1.71. The fourth-order valence-corrected chi connectivity index (χ4v) is 3.24. The van der Waals surface area contributed by atoms with E-state index in [1.165, 1.54) is 25.0 Å². The molecule has 1 aromatic heterocycles. The predicted octanol–water partition coefficient (Wildman–Crippen LogP) is 3.95. The molecule has 0 radical (unpaired) electrons. The molecule has 1 unspecified atom stereocenters. The number of aromatic nitrogens is 2. The number of rotatable bonds is 5. The van der Waals surface area contributed by atoms with Gasteiger partial charge in [0.15, 0.2) is 5.78 Å². The number of Topliss-reactive ketones (excluding diaryl/α,β-unsaturated/α-hetero) is 1. The highest BCUT2D eigenvalue weighted by atomic mass is 32.2. The lowest BCUT2D eigenvalue weighted by Crippen LogP contribution is -2.22. The molecular weight excluding hydrogens is 334 g/mol. The molecule has 126 valence electrons. The van der Waals surface area contributed by atoms with E-state index in [0.29, 0.717) is 11.3 Å². The minimum atomic E-state index is -0.328. The maximum atomic E-state index is 12.4. The molecule has 0 aliphatic carbocycles. The Morgan fingerprint density at radius 2 is 1.76 bits per heavy atom. The molecule has 6 heteroatoms. The summed E-state index contributed by atoms with van der Waals surface area (Å²) >= 11 is 1.39. The topological polar surface area (TPSA) is 72.0 Å². The second kappa shape index (κ2) is 7.44. The van der Waals surface area contributed by atoms with Gasteiger partial charge in [-0.05, 0) is 44.2 Å². The fraction of sp³-hybridized carbons (Fsp3) is 0.158. The van der Waals surface area contributed by atoms with Gasteiger partial charge in [-0.3, -0.25) is 9.59 Å². The van der Waals surface area contributed by atoms with Gasteiger partial charge in [0.25, 0.3) is 0 Å². The van der Waals surface area contributed by atoms with Crippen LogP contribution in [0.15, 0.2) is 59.9 Å². The Bertz CT molecular complexity index is 920. The minimum absolute atomic E-state index is 0.00237. The van der Waals surface area contributed by atoms with Crippen molar-refractivity contribution in [2.75, 3.05) is 5.32 Å². The highest BCUT2D eigenvalue weighted by Crippen LogP contribution is 2.28. The summed E-state index contributed by atoms with van der Waals surface area (Å²) in [5.74, 6) is -0.124. The van der Waals surface area contributed by atoms with Crippen LogP contribution in [-0.2, 0) is 4.79 Å². The molecule has 1 atom stereocenters. The molecule has 0 aliphatic heterocycles. The number of anilines is 1. The van der Waals surface area contributed by atoms with E-state index in [-0.39, 0.29) is 16.9 Å². The third-order valence-corrected chi connectivity index (χ3v) is 4.84. The summed E-state index contributed by atoms with van der Waals surface area (Å²) in [7, 11) is 0. The molecular formula is C19H17N3O2S. The Labute approximate surface area is 149 Å². The Morgan fingerprint density at radius 1 is 1.04 bits per heavy atom. The number of carbonyl (C=O) groups excluding carboxylic acids is 2. The molecule has 1 N–H and O–H groups in total. The molecule has 25 heavy (non-hydrogen) atoms. The predicted molar refractivity (Wildman–Crippen MR) is 99.9 cm³/mol. The first-order valence-corrected chi connectivity index (χ1v) is 8.71. The summed E-state index contributed by atoms with van der Waals surface area (Å²) in [5, 5.41) is 4.24. The quantitative estimate of drug-likeness (QED) is 0.428. The summed E-state index contributed by atoms with van der Waals surface area (Å²) in [6, 6.07) is 14.6. The maximum absolute atomic E-state index is 12.4. The van der Waals surface area contributed by atoms with E-state index in [0.717, 1.165) is 15.9 Å². The summed E-state index contributed by atoms with van der Waals surface area (Å²) in [6.07, 6.45) is 1.51. The summed E-state index contributed by atoms with van der Waals surface area (Å²) in [5.41, 5.74) is 2.13. The third-order valence-electron chi connectivity index (χ3n) is 3.72. The number of ketones is 1. The van der Waals surface area contributed by atoms with Crippen LogP contribution in [0.2, 0.25) is 0 Å². The zero-order chi connectivity index (χ0) is 17.8. The fourth-order valence-electron chi connectivity index (χ4n) is 2.33. The molecule has 0 aliphatic rings. The number of hydrogen-bond acceptors (Lipinski definition) is 5. The van der Waals surface area contributed by atoms with Crippen molar-refractivity contribution in [2.24, 2.45) is 0 Å². The Morgan fingerprint density at radius 3 is 2.48 bits per heavy atom. The van der Waals surface area contributed by atoms with Crippen LogP contribution in [0, 0.1) is 0 Å². The van der Waals surface area contributed by atoms with Gasteiger partial charge in [0.1, 0.15) is 11.4 Å². The summed E-state index contributed by atoms with van der Waals surface area (Å²) in [6.45, 7) is 3.35. The number of thioether (sulfide) groups is 1. The van der Waals surface area contributed by atoms with Gasteiger partial charge in [0.05, 0.1) is 10.8 Å². The first-order chi connectivity index (χ1) is 12.0. The van der Waals surface area contributed by atoms with E-state index in [9.17, 15) is 9.59 Å². The highest BCUT2D eigenvalue weighted by molar-refractivity contribution is 8.00. The lowest BCUT2D eigenvalue weighted by molar-refractivity contribution is -0.115. The van der Waals surface area contributed by atoms with Crippen LogP contribution in [0.3, 0.4) is 0 Å². The molecule has 0 saturated carbocycles. The summed E-state index contributed by atoms with van der Waals surface area (Å²) < 4.78 is 0. The third kappa shape index (κ3) is 4.03. The minimum Gasteiger partial charge on any atom is -0.325 e. The average Bonchev–Trinajstić information content (AvgIpc) is 2.62. The molecule has 1 heterocycles. The normalized spacial score (nSPS) is 11.9. The number of nitrogens with one attached hydrogen (secondary N) is 1. The Kier molecular flexibility index (Phi) is 5.09. The van der Waals surface area contributed by atoms with Crippen LogP contribution in [0.4, 0.5) is 5.69 Å². The molecule has 0 spiro atoms. The van der Waals surface area contributed by atoms with E-state index in [2.05, 4.69) is 15.3 Å². The zero-order valence-electron chi connectivity index (χ0n) is 13.9. The first-order valence-electron chi connectivity index (χ1n) is 7.83. The maximum Gasteiger partial charge on any atom is 0.237 e. The van der Waals surface area contributed by atoms with Crippen molar-refractivity contribution in [1.82, 2.24) is 9.97 Å². The first kappa shape index (κ1) is 17.1. The second-order valence-corrected chi connectivity index (χ2v) is 6.91. The lowest BCUT2D eigenvalue weighted by Gasteiger charge is -2.12. The van der Waals surface area contributed by atoms with Crippen LogP contribution in [0.1, 0.15) is 24.2 Å². The second-order valence-electron chi connectivity index (χ2n) is 5.58. The van der Waals surface area contributed by atoms with Crippen molar-refractivity contribution in [1.29, 1.82) is 0 Å².